The first-order valence-electron chi connectivity index (χ1n) is 6.00. The fraction of sp³-hybridized carbons (Fsp3) is 0.214. The number of aromatic nitrogens is 1. The molecular weight excluding hydrogens is 262 g/mol. The quantitative estimate of drug-likeness (QED) is 0.692. The lowest BCUT2D eigenvalue weighted by Gasteiger charge is -2.07. The molecule has 19 heavy (non-hydrogen) atoms. The van der Waals surface area contributed by atoms with E-state index in [4.69, 9.17) is 4.55 Å². The third-order valence-electron chi connectivity index (χ3n) is 3.06. The minimum Gasteiger partial charge on any atom is -0.282 e. The fourth-order valence-corrected chi connectivity index (χ4v) is 2.54. The zero-order chi connectivity index (χ0) is 14.0. The highest BCUT2D eigenvalue weighted by Crippen LogP contribution is 2.23. The van der Waals surface area contributed by atoms with E-state index in [9.17, 15) is 8.42 Å². The van der Waals surface area contributed by atoms with Gasteiger partial charge in [-0.05, 0) is 37.6 Å². The fourth-order valence-electron chi connectivity index (χ4n) is 2.03. The summed E-state index contributed by atoms with van der Waals surface area (Å²) < 4.78 is 33.6. The summed E-state index contributed by atoms with van der Waals surface area (Å²) >= 11 is 0. The van der Waals surface area contributed by atoms with Gasteiger partial charge in [-0.25, -0.2) is 0 Å². The number of rotatable bonds is 3. The van der Waals surface area contributed by atoms with E-state index in [0.29, 0.717) is 0 Å². The zero-order valence-corrected chi connectivity index (χ0v) is 11.7. The molecule has 1 heterocycles. The maximum Gasteiger partial charge on any atom is 0.294 e. The molecule has 0 aliphatic carbocycles. The van der Waals surface area contributed by atoms with Crippen molar-refractivity contribution < 1.29 is 17.5 Å². The van der Waals surface area contributed by atoms with Crippen LogP contribution in [0.15, 0.2) is 47.5 Å². The van der Waals surface area contributed by atoms with E-state index in [0.717, 1.165) is 23.4 Å². The smallest absolute Gasteiger partial charge is 0.282 e. The second-order valence-electron chi connectivity index (χ2n) is 4.32. The van der Waals surface area contributed by atoms with Crippen LogP contribution in [0, 0.1) is 6.92 Å². The van der Waals surface area contributed by atoms with Crippen molar-refractivity contribution in [2.75, 3.05) is 0 Å². The van der Waals surface area contributed by atoms with Gasteiger partial charge < -0.3 is 0 Å². The second-order valence-corrected chi connectivity index (χ2v) is 5.75. The van der Waals surface area contributed by atoms with E-state index in [-0.39, 0.29) is 4.90 Å². The van der Waals surface area contributed by atoms with E-state index in [2.05, 4.69) is 0 Å². The van der Waals surface area contributed by atoms with Gasteiger partial charge in [0.05, 0.1) is 10.5 Å². The highest BCUT2D eigenvalue weighted by Gasteiger charge is 2.17. The van der Waals surface area contributed by atoms with E-state index >= 15 is 0 Å². The summed E-state index contributed by atoms with van der Waals surface area (Å²) in [6.45, 7) is 4.72. The number of hydrogen-bond donors (Lipinski definition) is 1. The molecule has 5 heteroatoms. The molecule has 4 nitrogen and oxygen atoms in total. The molecule has 0 spiro atoms. The van der Waals surface area contributed by atoms with Crippen LogP contribution in [0.2, 0.25) is 0 Å². The Bertz CT molecular complexity index is 708. The molecule has 0 saturated carbocycles. The minimum absolute atomic E-state index is 0.0837. The number of nitrogens with zero attached hydrogens (tertiary/aromatic N) is 1. The van der Waals surface area contributed by atoms with E-state index in [1.807, 2.05) is 42.8 Å². The lowest BCUT2D eigenvalue weighted by molar-refractivity contribution is -0.682. The van der Waals surface area contributed by atoms with Gasteiger partial charge in [-0.3, -0.25) is 4.55 Å². The number of aryl methyl sites for hydroxylation is 2. The number of pyridine rings is 1. The van der Waals surface area contributed by atoms with Crippen LogP contribution in [0.5, 0.6) is 0 Å². The van der Waals surface area contributed by atoms with Gasteiger partial charge in [-0.2, -0.15) is 13.0 Å². The topological polar surface area (TPSA) is 58.2 Å². The lowest BCUT2D eigenvalue weighted by atomic mass is 10.0. The Morgan fingerprint density at radius 1 is 1.21 bits per heavy atom. The van der Waals surface area contributed by atoms with Crippen molar-refractivity contribution in [2.24, 2.45) is 0 Å². The molecular formula is C14H16NO3S+. The summed E-state index contributed by atoms with van der Waals surface area (Å²) in [4.78, 5) is -0.0837. The molecule has 2 aromatic rings. The monoisotopic (exact) mass is 278 g/mol. The molecule has 0 amide bonds. The summed E-state index contributed by atoms with van der Waals surface area (Å²) in [5.41, 5.74) is 2.69. The molecule has 0 bridgehead atoms. The average Bonchev–Trinajstić information content (AvgIpc) is 2.38. The highest BCUT2D eigenvalue weighted by atomic mass is 32.2. The summed E-state index contributed by atoms with van der Waals surface area (Å²) in [6, 6.07) is 10.4. The standard InChI is InChI=1S/C14H15NO3S/c1-3-15-9-5-4-6-14(15)13-10-12(19(16,17)18)8-7-11(13)2/h4-10H,3H2,1-2H3/p+1. The molecule has 0 atom stereocenters. The van der Waals surface area contributed by atoms with Crippen LogP contribution < -0.4 is 4.57 Å². The van der Waals surface area contributed by atoms with Crippen molar-refractivity contribution in [1.29, 1.82) is 0 Å². The van der Waals surface area contributed by atoms with Gasteiger partial charge in [0.15, 0.2) is 6.20 Å². The van der Waals surface area contributed by atoms with E-state index < -0.39 is 10.1 Å². The molecule has 0 aliphatic heterocycles. The van der Waals surface area contributed by atoms with Gasteiger partial charge in [0, 0.05) is 12.1 Å². The average molecular weight is 278 g/mol. The normalized spacial score (nSPS) is 11.5. The van der Waals surface area contributed by atoms with Gasteiger partial charge in [0.1, 0.15) is 6.54 Å². The molecule has 0 fully saturated rings. The van der Waals surface area contributed by atoms with Gasteiger partial charge >= 0.3 is 0 Å². The largest absolute Gasteiger partial charge is 0.294 e. The van der Waals surface area contributed by atoms with Crippen molar-refractivity contribution in [3.63, 3.8) is 0 Å². The molecule has 0 aliphatic rings. The van der Waals surface area contributed by atoms with Crippen LogP contribution >= 0.6 is 0 Å². The zero-order valence-electron chi connectivity index (χ0n) is 10.9. The van der Waals surface area contributed by atoms with Crippen LogP contribution in [-0.4, -0.2) is 13.0 Å². The highest BCUT2D eigenvalue weighted by molar-refractivity contribution is 7.85. The lowest BCUT2D eigenvalue weighted by Crippen LogP contribution is -2.34. The van der Waals surface area contributed by atoms with Crippen molar-refractivity contribution >= 4 is 10.1 Å². The number of hydrogen-bond acceptors (Lipinski definition) is 2. The minimum atomic E-state index is -4.18. The van der Waals surface area contributed by atoms with Gasteiger partial charge in [0.2, 0.25) is 5.69 Å². The maximum absolute atomic E-state index is 11.2. The summed E-state index contributed by atoms with van der Waals surface area (Å²) in [5, 5.41) is 0. The second kappa shape index (κ2) is 5.11. The van der Waals surface area contributed by atoms with Crippen molar-refractivity contribution in [1.82, 2.24) is 0 Å². The van der Waals surface area contributed by atoms with E-state index in [1.54, 1.807) is 6.07 Å². The number of benzene rings is 1. The molecule has 2 rings (SSSR count). The Kier molecular flexibility index (Phi) is 3.68. The Hall–Kier alpha value is -1.72. The van der Waals surface area contributed by atoms with Crippen molar-refractivity contribution in [2.45, 2.75) is 25.3 Å². The Morgan fingerprint density at radius 3 is 2.58 bits per heavy atom. The molecule has 100 valence electrons. The SMILES string of the molecule is CC[n+]1ccccc1-c1cc(S(=O)(=O)O)ccc1C. The first-order valence-corrected chi connectivity index (χ1v) is 7.44. The Morgan fingerprint density at radius 2 is 1.95 bits per heavy atom. The Balaban J connectivity index is 2.68. The third-order valence-corrected chi connectivity index (χ3v) is 3.91. The van der Waals surface area contributed by atoms with Crippen molar-refractivity contribution in [3.8, 4) is 11.3 Å². The first kappa shape index (κ1) is 13.7. The van der Waals surface area contributed by atoms with Gasteiger partial charge in [0.25, 0.3) is 10.1 Å². The van der Waals surface area contributed by atoms with Crippen LogP contribution in [0.25, 0.3) is 11.3 Å². The van der Waals surface area contributed by atoms with Crippen LogP contribution in [-0.2, 0) is 16.7 Å². The molecule has 0 radical (unpaired) electrons. The van der Waals surface area contributed by atoms with Crippen LogP contribution in [0.1, 0.15) is 12.5 Å². The summed E-state index contributed by atoms with van der Waals surface area (Å²) in [5.74, 6) is 0. The molecule has 1 N–H and O–H groups in total. The van der Waals surface area contributed by atoms with Gasteiger partial charge in [-0.1, -0.05) is 6.07 Å². The summed E-state index contributed by atoms with van der Waals surface area (Å²) in [7, 11) is -4.18. The predicted molar refractivity (Wildman–Crippen MR) is 72.3 cm³/mol. The van der Waals surface area contributed by atoms with Crippen LogP contribution in [0.3, 0.4) is 0 Å². The maximum atomic E-state index is 11.2. The summed E-state index contributed by atoms with van der Waals surface area (Å²) in [6.07, 6.45) is 1.94. The molecule has 1 aromatic carbocycles. The first-order chi connectivity index (χ1) is 8.93. The van der Waals surface area contributed by atoms with Crippen molar-refractivity contribution in [3.05, 3.63) is 48.2 Å². The Labute approximate surface area is 113 Å². The molecule has 1 aromatic heterocycles. The molecule has 0 unspecified atom stereocenters. The third kappa shape index (κ3) is 2.83. The van der Waals surface area contributed by atoms with E-state index in [1.165, 1.54) is 12.1 Å². The molecule has 0 saturated heterocycles. The van der Waals surface area contributed by atoms with Crippen LogP contribution in [0.4, 0.5) is 0 Å². The van der Waals surface area contributed by atoms with Gasteiger partial charge in [-0.15, -0.1) is 0 Å². The predicted octanol–water partition coefficient (Wildman–Crippen LogP) is 2.22.